The number of ether oxygens (including phenoxy) is 6. The van der Waals surface area contributed by atoms with Crippen molar-refractivity contribution in [1.82, 2.24) is 0 Å². The Hall–Kier alpha value is -4.97. The summed E-state index contributed by atoms with van der Waals surface area (Å²) in [5.41, 5.74) is 4.83. The van der Waals surface area contributed by atoms with Crippen molar-refractivity contribution in [2.24, 2.45) is 0 Å². The van der Waals surface area contributed by atoms with E-state index in [1.165, 1.54) is 25.4 Å². The standard InChI is InChI=1S/C22H25BO5.C17H17BO6.CH4/c1-3-25-22(24)15-8-11-20(21(13-15)27-17-6-4-5-7-17)28-18-9-10-19-16(12-18)14-26-23(19)2;1-3-22-17(19)11-4-7-15(16(9-11)21-2)24-13-5-6-14-12(8-13)10-23-18(14)20;/h8-13,17H,3-7,14H2,1-2H3;4-9,20H,3,10H2,1-2H3;1H4. The monoisotopic (exact) mass is 724 g/mol. The molecular formula is C40H46B2O11. The molecule has 1 saturated carbocycles. The first-order chi connectivity index (χ1) is 25.3. The summed E-state index contributed by atoms with van der Waals surface area (Å²) in [6.07, 6.45) is 4.55. The smallest absolute Gasteiger partial charge is 0.491 e. The zero-order valence-corrected chi connectivity index (χ0v) is 29.8. The van der Waals surface area contributed by atoms with Crippen molar-refractivity contribution >= 4 is 36.9 Å². The fourth-order valence-corrected chi connectivity index (χ4v) is 6.30. The molecule has 1 fully saturated rings. The highest BCUT2D eigenvalue weighted by atomic mass is 16.5. The average Bonchev–Trinajstić information content (AvgIpc) is 3.90. The maximum Gasteiger partial charge on any atom is 0.491 e. The van der Waals surface area contributed by atoms with Crippen LogP contribution in [0.5, 0.6) is 34.5 Å². The summed E-state index contributed by atoms with van der Waals surface area (Å²) in [5, 5.41) is 9.64. The van der Waals surface area contributed by atoms with Gasteiger partial charge in [0, 0.05) is 0 Å². The Labute approximate surface area is 311 Å². The molecule has 0 radical (unpaired) electrons. The van der Waals surface area contributed by atoms with E-state index in [1.807, 2.05) is 31.1 Å². The first-order valence-corrected chi connectivity index (χ1v) is 17.6. The molecule has 278 valence electrons. The zero-order chi connectivity index (χ0) is 36.6. The maximum absolute atomic E-state index is 12.1. The number of carbonyl (C=O) groups excluding carboxylic acids is 2. The molecule has 0 aromatic heterocycles. The van der Waals surface area contributed by atoms with Gasteiger partial charge in [-0.2, -0.15) is 0 Å². The summed E-state index contributed by atoms with van der Waals surface area (Å²) in [4.78, 5) is 23.9. The van der Waals surface area contributed by atoms with E-state index in [4.69, 9.17) is 37.7 Å². The van der Waals surface area contributed by atoms with E-state index in [0.29, 0.717) is 66.3 Å². The molecule has 2 aliphatic heterocycles. The van der Waals surface area contributed by atoms with Gasteiger partial charge in [-0.3, -0.25) is 0 Å². The van der Waals surface area contributed by atoms with E-state index in [9.17, 15) is 14.6 Å². The van der Waals surface area contributed by atoms with Crippen molar-refractivity contribution in [3.63, 3.8) is 0 Å². The molecule has 0 unspecified atom stereocenters. The van der Waals surface area contributed by atoms with Crippen LogP contribution in [0.1, 0.15) is 78.8 Å². The van der Waals surface area contributed by atoms with Crippen molar-refractivity contribution in [3.8, 4) is 34.5 Å². The number of rotatable bonds is 11. The molecule has 0 amide bonds. The second-order valence-electron chi connectivity index (χ2n) is 12.5. The number of esters is 2. The van der Waals surface area contributed by atoms with E-state index in [0.717, 1.165) is 35.2 Å². The van der Waals surface area contributed by atoms with Crippen molar-refractivity contribution in [1.29, 1.82) is 0 Å². The lowest BCUT2D eigenvalue weighted by molar-refractivity contribution is 0.0516. The Bertz CT molecular complexity index is 1890. The minimum atomic E-state index is -0.882. The quantitative estimate of drug-likeness (QED) is 0.129. The minimum Gasteiger partial charge on any atom is -0.493 e. The van der Waals surface area contributed by atoms with Crippen LogP contribution in [0, 0.1) is 0 Å². The summed E-state index contributed by atoms with van der Waals surface area (Å²) < 4.78 is 44.4. The molecule has 53 heavy (non-hydrogen) atoms. The van der Waals surface area contributed by atoms with Gasteiger partial charge in [-0.05, 0) is 122 Å². The fraction of sp³-hybridized carbons (Fsp3) is 0.350. The van der Waals surface area contributed by atoms with Crippen LogP contribution in [0.25, 0.3) is 0 Å². The topological polar surface area (TPSA) is 128 Å². The van der Waals surface area contributed by atoms with Gasteiger partial charge < -0.3 is 42.8 Å². The molecule has 3 aliphatic rings. The second-order valence-corrected chi connectivity index (χ2v) is 12.5. The summed E-state index contributed by atoms with van der Waals surface area (Å²) in [5.74, 6) is 2.65. The first kappa shape index (κ1) is 39.2. The molecule has 0 atom stereocenters. The van der Waals surface area contributed by atoms with Crippen molar-refractivity contribution in [2.45, 2.75) is 73.1 Å². The Morgan fingerprint density at radius 2 is 1.25 bits per heavy atom. The average molecular weight is 724 g/mol. The molecule has 4 aromatic carbocycles. The lowest BCUT2D eigenvalue weighted by atomic mass is 9.64. The number of methoxy groups -OCH3 is 1. The van der Waals surface area contributed by atoms with Gasteiger partial charge in [-0.15, -0.1) is 0 Å². The number of carbonyl (C=O) groups is 2. The number of hydrogen-bond acceptors (Lipinski definition) is 11. The number of hydrogen-bond donors (Lipinski definition) is 1. The molecule has 0 saturated heterocycles. The fourth-order valence-electron chi connectivity index (χ4n) is 6.30. The lowest BCUT2D eigenvalue weighted by Gasteiger charge is -2.18. The van der Waals surface area contributed by atoms with Gasteiger partial charge in [-0.25, -0.2) is 9.59 Å². The zero-order valence-electron chi connectivity index (χ0n) is 29.8. The Kier molecular flexibility index (Phi) is 13.5. The number of benzene rings is 4. The van der Waals surface area contributed by atoms with Crippen molar-refractivity contribution < 1.29 is 52.3 Å². The van der Waals surface area contributed by atoms with Crippen LogP contribution < -0.4 is 29.9 Å². The van der Waals surface area contributed by atoms with Crippen LogP contribution >= 0.6 is 0 Å². The third kappa shape index (κ3) is 9.53. The molecule has 4 aromatic rings. The largest absolute Gasteiger partial charge is 0.493 e. The summed E-state index contributed by atoms with van der Waals surface area (Å²) in [6.45, 7) is 7.30. The van der Waals surface area contributed by atoms with E-state index < -0.39 is 13.1 Å². The molecule has 7 rings (SSSR count). The first-order valence-electron chi connectivity index (χ1n) is 17.6. The van der Waals surface area contributed by atoms with Gasteiger partial charge in [0.05, 0.1) is 50.8 Å². The molecule has 1 aliphatic carbocycles. The SMILES string of the molecule is C.CCOC(=O)c1ccc(Oc2ccc3c(c2)COB3C)c(OC2CCCC2)c1.CCOC(=O)c1ccc(Oc2ccc3c(c2)COB3O)c(OC)c1. The van der Waals surface area contributed by atoms with E-state index in [2.05, 4.69) is 0 Å². The van der Waals surface area contributed by atoms with E-state index >= 15 is 0 Å². The predicted molar refractivity (Wildman–Crippen MR) is 202 cm³/mol. The van der Waals surface area contributed by atoms with Gasteiger partial charge in [0.15, 0.2) is 23.0 Å². The summed E-state index contributed by atoms with van der Waals surface area (Å²) in [6, 6.07) is 21.4. The molecule has 1 N–H and O–H groups in total. The van der Waals surface area contributed by atoms with E-state index in [-0.39, 0.29) is 26.4 Å². The third-order valence-corrected chi connectivity index (χ3v) is 9.00. The molecule has 0 spiro atoms. The number of fused-ring (bicyclic) bond motifs is 2. The van der Waals surface area contributed by atoms with Gasteiger partial charge >= 0.3 is 26.0 Å². The molecule has 2 heterocycles. The van der Waals surface area contributed by atoms with Crippen LogP contribution in [0.15, 0.2) is 72.8 Å². The second kappa shape index (κ2) is 18.2. The third-order valence-electron chi connectivity index (χ3n) is 9.00. The van der Waals surface area contributed by atoms with Gasteiger partial charge in [0.1, 0.15) is 11.5 Å². The van der Waals surface area contributed by atoms with Gasteiger partial charge in [0.2, 0.25) is 0 Å². The summed E-state index contributed by atoms with van der Waals surface area (Å²) in [7, 11) is 0.622. The molecule has 11 nitrogen and oxygen atoms in total. The van der Waals surface area contributed by atoms with Crippen LogP contribution in [-0.2, 0) is 32.0 Å². The van der Waals surface area contributed by atoms with E-state index in [1.54, 1.807) is 62.4 Å². The Morgan fingerprint density at radius 1 is 0.717 bits per heavy atom. The maximum atomic E-state index is 12.1. The Balaban J connectivity index is 0.000000203. The van der Waals surface area contributed by atoms with Crippen LogP contribution in [0.3, 0.4) is 0 Å². The normalized spacial score (nSPS) is 14.3. The van der Waals surface area contributed by atoms with Crippen molar-refractivity contribution in [2.75, 3.05) is 20.3 Å². The van der Waals surface area contributed by atoms with Crippen molar-refractivity contribution in [3.05, 3.63) is 95.1 Å². The van der Waals surface area contributed by atoms with Crippen LogP contribution in [0.2, 0.25) is 6.82 Å². The lowest BCUT2D eigenvalue weighted by Crippen LogP contribution is -2.27. The molecule has 13 heteroatoms. The molecule has 0 bridgehead atoms. The predicted octanol–water partition coefficient (Wildman–Crippen LogP) is 6.85. The summed E-state index contributed by atoms with van der Waals surface area (Å²) >= 11 is 0. The molecular weight excluding hydrogens is 678 g/mol. The highest BCUT2D eigenvalue weighted by molar-refractivity contribution is 6.67. The Morgan fingerprint density at radius 3 is 1.83 bits per heavy atom. The van der Waals surface area contributed by atoms with Crippen LogP contribution in [0.4, 0.5) is 0 Å². The highest BCUT2D eigenvalue weighted by Crippen LogP contribution is 2.37. The van der Waals surface area contributed by atoms with Gasteiger partial charge in [0.25, 0.3) is 0 Å². The van der Waals surface area contributed by atoms with Gasteiger partial charge in [-0.1, -0.05) is 26.4 Å². The van der Waals surface area contributed by atoms with Crippen LogP contribution in [-0.4, -0.2) is 57.4 Å². The highest BCUT2D eigenvalue weighted by Gasteiger charge is 2.28. The minimum absolute atomic E-state index is 0.